The Morgan fingerprint density at radius 1 is 1.50 bits per heavy atom. The zero-order chi connectivity index (χ0) is 13.0. The van der Waals surface area contributed by atoms with Crippen LogP contribution in [0.25, 0.3) is 0 Å². The van der Waals surface area contributed by atoms with Crippen molar-refractivity contribution in [1.29, 1.82) is 0 Å². The number of nitrogens with two attached hydrogens (primary N) is 1. The highest BCUT2D eigenvalue weighted by atomic mass is 32.2. The number of carboxylic acid groups (broad SMARTS) is 1. The van der Waals surface area contributed by atoms with Crippen molar-refractivity contribution >= 4 is 29.5 Å². The van der Waals surface area contributed by atoms with Crippen molar-refractivity contribution in [3.8, 4) is 0 Å². The number of hydrogen-bond donors (Lipinski definition) is 2. The van der Waals surface area contributed by atoms with Crippen LogP contribution in [-0.2, 0) is 11.2 Å². The van der Waals surface area contributed by atoms with E-state index in [0.717, 1.165) is 24.0 Å². The Bertz CT molecular complexity index is 418. The molecule has 6 nitrogen and oxygen atoms in total. The van der Waals surface area contributed by atoms with Gasteiger partial charge in [0.25, 0.3) is 0 Å². The van der Waals surface area contributed by atoms with E-state index in [1.54, 1.807) is 0 Å². The second-order valence-corrected chi connectivity index (χ2v) is 6.38. The molecule has 8 heteroatoms. The van der Waals surface area contributed by atoms with Crippen molar-refractivity contribution in [3.63, 3.8) is 0 Å². The summed E-state index contributed by atoms with van der Waals surface area (Å²) >= 11 is 3.09. The molecule has 1 aliphatic rings. The highest BCUT2D eigenvalue weighted by molar-refractivity contribution is 7.99. The van der Waals surface area contributed by atoms with Crippen molar-refractivity contribution in [3.05, 3.63) is 5.82 Å². The number of thioether (sulfide) groups is 2. The van der Waals surface area contributed by atoms with Gasteiger partial charge >= 0.3 is 5.97 Å². The lowest BCUT2D eigenvalue weighted by molar-refractivity contribution is -0.133. The third-order valence-corrected chi connectivity index (χ3v) is 4.85. The second-order valence-electron chi connectivity index (χ2n) is 4.21. The summed E-state index contributed by atoms with van der Waals surface area (Å²) in [6.45, 7) is 0. The van der Waals surface area contributed by atoms with Crippen molar-refractivity contribution in [2.75, 3.05) is 23.1 Å². The van der Waals surface area contributed by atoms with E-state index in [1.165, 1.54) is 29.0 Å². The molecule has 0 aliphatic carbocycles. The number of aromatic nitrogens is 3. The molecule has 18 heavy (non-hydrogen) atoms. The minimum Gasteiger partial charge on any atom is -0.481 e. The van der Waals surface area contributed by atoms with Gasteiger partial charge in [-0.2, -0.15) is 11.8 Å². The van der Waals surface area contributed by atoms with Gasteiger partial charge in [0.1, 0.15) is 0 Å². The predicted molar refractivity (Wildman–Crippen MR) is 72.3 cm³/mol. The number of nitrogen functional groups attached to an aromatic ring is 1. The minimum absolute atomic E-state index is 0.0462. The first-order valence-electron chi connectivity index (χ1n) is 5.78. The Hall–Kier alpha value is -0.890. The molecule has 0 amide bonds. The van der Waals surface area contributed by atoms with E-state index < -0.39 is 5.97 Å². The van der Waals surface area contributed by atoms with Crippen molar-refractivity contribution in [2.24, 2.45) is 5.92 Å². The lowest BCUT2D eigenvalue weighted by atomic mass is 9.99. The fraction of sp³-hybridized carbons (Fsp3) is 0.700. The first-order chi connectivity index (χ1) is 8.66. The predicted octanol–water partition coefficient (Wildman–Crippen LogP) is 0.854. The van der Waals surface area contributed by atoms with E-state index in [-0.39, 0.29) is 5.75 Å². The van der Waals surface area contributed by atoms with Crippen LogP contribution in [0, 0.1) is 5.92 Å². The van der Waals surface area contributed by atoms with Crippen LogP contribution in [0.3, 0.4) is 0 Å². The highest BCUT2D eigenvalue weighted by Gasteiger charge is 2.19. The average Bonchev–Trinajstić information content (AvgIpc) is 2.70. The highest BCUT2D eigenvalue weighted by Crippen LogP contribution is 2.26. The van der Waals surface area contributed by atoms with E-state index in [9.17, 15) is 4.79 Å². The van der Waals surface area contributed by atoms with Gasteiger partial charge < -0.3 is 10.9 Å². The lowest BCUT2D eigenvalue weighted by Crippen LogP contribution is -2.19. The van der Waals surface area contributed by atoms with Gasteiger partial charge in [0.2, 0.25) is 5.16 Å². The SMILES string of the molecule is Nn1c(CC2CCSCC2)nnc1SCC(=O)O. The molecule has 0 radical (unpaired) electrons. The number of rotatable bonds is 5. The first kappa shape index (κ1) is 13.5. The van der Waals surface area contributed by atoms with Gasteiger partial charge in [-0.05, 0) is 30.3 Å². The van der Waals surface area contributed by atoms with Gasteiger partial charge in [0, 0.05) is 6.42 Å². The molecule has 100 valence electrons. The Balaban J connectivity index is 1.94. The van der Waals surface area contributed by atoms with E-state index in [2.05, 4.69) is 10.2 Å². The lowest BCUT2D eigenvalue weighted by Gasteiger charge is -2.20. The molecule has 0 bridgehead atoms. The molecule has 0 unspecified atom stereocenters. The Kier molecular flexibility index (Phi) is 4.76. The maximum Gasteiger partial charge on any atom is 0.313 e. The fourth-order valence-corrected chi connectivity index (χ4v) is 3.68. The zero-order valence-corrected chi connectivity index (χ0v) is 11.5. The zero-order valence-electron chi connectivity index (χ0n) is 9.91. The van der Waals surface area contributed by atoms with Gasteiger partial charge in [-0.25, -0.2) is 4.68 Å². The Morgan fingerprint density at radius 2 is 2.22 bits per heavy atom. The normalized spacial score (nSPS) is 16.9. The van der Waals surface area contributed by atoms with Gasteiger partial charge in [-0.1, -0.05) is 11.8 Å². The molecule has 1 saturated heterocycles. The summed E-state index contributed by atoms with van der Waals surface area (Å²) in [5.74, 6) is 8.72. The molecule has 1 aromatic heterocycles. The van der Waals surface area contributed by atoms with Crippen molar-refractivity contribution in [1.82, 2.24) is 14.9 Å². The first-order valence-corrected chi connectivity index (χ1v) is 7.92. The third-order valence-electron chi connectivity index (χ3n) is 2.87. The van der Waals surface area contributed by atoms with Crippen LogP contribution in [0.5, 0.6) is 0 Å². The van der Waals surface area contributed by atoms with Crippen LogP contribution < -0.4 is 5.84 Å². The summed E-state index contributed by atoms with van der Waals surface area (Å²) in [6, 6.07) is 0. The van der Waals surface area contributed by atoms with E-state index >= 15 is 0 Å². The summed E-state index contributed by atoms with van der Waals surface area (Å²) in [4.78, 5) is 10.5. The number of hydrogen-bond acceptors (Lipinski definition) is 6. The molecule has 0 saturated carbocycles. The van der Waals surface area contributed by atoms with Crippen LogP contribution in [-0.4, -0.2) is 43.2 Å². The standard InChI is InChI=1S/C10H16N4O2S2/c11-14-8(5-7-1-3-17-4-2-7)12-13-10(14)18-6-9(15)16/h7H,1-6,11H2,(H,15,16). The summed E-state index contributed by atoms with van der Waals surface area (Å²) in [5, 5.41) is 17.1. The molecule has 1 aliphatic heterocycles. The maximum atomic E-state index is 10.5. The summed E-state index contributed by atoms with van der Waals surface area (Å²) < 4.78 is 1.43. The van der Waals surface area contributed by atoms with Crippen molar-refractivity contribution in [2.45, 2.75) is 24.4 Å². The topological polar surface area (TPSA) is 94.0 Å². The number of aliphatic carboxylic acids is 1. The van der Waals surface area contributed by atoms with Crippen LogP contribution >= 0.6 is 23.5 Å². The molecule has 1 fully saturated rings. The second kappa shape index (κ2) is 6.33. The summed E-state index contributed by atoms with van der Waals surface area (Å²) in [5.41, 5.74) is 0. The molecule has 0 aromatic carbocycles. The van der Waals surface area contributed by atoms with Gasteiger partial charge in [-0.3, -0.25) is 4.79 Å². The summed E-state index contributed by atoms with van der Waals surface area (Å²) in [7, 11) is 0. The van der Waals surface area contributed by atoms with Gasteiger partial charge in [-0.15, -0.1) is 10.2 Å². The molecule has 2 rings (SSSR count). The Labute approximate surface area is 114 Å². The minimum atomic E-state index is -0.881. The smallest absolute Gasteiger partial charge is 0.313 e. The average molecular weight is 288 g/mol. The van der Waals surface area contributed by atoms with Crippen LogP contribution in [0.4, 0.5) is 0 Å². The van der Waals surface area contributed by atoms with E-state index in [0.29, 0.717) is 11.1 Å². The monoisotopic (exact) mass is 288 g/mol. The van der Waals surface area contributed by atoms with E-state index in [4.69, 9.17) is 10.9 Å². The van der Waals surface area contributed by atoms with Crippen LogP contribution in [0.15, 0.2) is 5.16 Å². The number of carboxylic acids is 1. The Morgan fingerprint density at radius 3 is 2.89 bits per heavy atom. The van der Waals surface area contributed by atoms with Crippen LogP contribution in [0.2, 0.25) is 0 Å². The van der Waals surface area contributed by atoms with Crippen molar-refractivity contribution < 1.29 is 9.90 Å². The van der Waals surface area contributed by atoms with Gasteiger partial charge in [0.05, 0.1) is 5.75 Å². The molecular weight excluding hydrogens is 272 g/mol. The largest absolute Gasteiger partial charge is 0.481 e. The summed E-state index contributed by atoms with van der Waals surface area (Å²) in [6.07, 6.45) is 3.21. The molecule has 1 aromatic rings. The molecule has 2 heterocycles. The fourth-order valence-electron chi connectivity index (χ4n) is 1.88. The van der Waals surface area contributed by atoms with E-state index in [1.807, 2.05) is 11.8 Å². The third kappa shape index (κ3) is 3.55. The molecular formula is C10H16N4O2S2. The number of nitrogens with zero attached hydrogens (tertiary/aromatic N) is 3. The number of carbonyl (C=O) groups is 1. The van der Waals surface area contributed by atoms with Gasteiger partial charge in [0.15, 0.2) is 5.82 Å². The molecule has 3 N–H and O–H groups in total. The molecule has 0 atom stereocenters. The van der Waals surface area contributed by atoms with Crippen LogP contribution in [0.1, 0.15) is 18.7 Å². The molecule has 0 spiro atoms. The maximum absolute atomic E-state index is 10.5. The quantitative estimate of drug-likeness (QED) is 0.613.